The van der Waals surface area contributed by atoms with Gasteiger partial charge < -0.3 is 50.8 Å². The van der Waals surface area contributed by atoms with Gasteiger partial charge in [0.15, 0.2) is 11.5 Å². The summed E-state index contributed by atoms with van der Waals surface area (Å²) in [5.41, 5.74) is 11.2. The van der Waals surface area contributed by atoms with Crippen LogP contribution < -0.4 is 22.5 Å². The number of aromatic nitrogens is 6. The second-order valence-corrected chi connectivity index (χ2v) is 15.7. The van der Waals surface area contributed by atoms with Crippen molar-refractivity contribution in [1.82, 2.24) is 39.3 Å². The van der Waals surface area contributed by atoms with Crippen molar-refractivity contribution in [2.24, 2.45) is 0 Å². The van der Waals surface area contributed by atoms with Crippen LogP contribution in [0.5, 0.6) is 0 Å². The molecule has 4 saturated heterocycles. The largest absolute Gasteiger partial charge is 0.472 e. The molecule has 3 amide bonds. The lowest BCUT2D eigenvalue weighted by Gasteiger charge is -2.25. The number of ether oxygens (including phenoxy) is 3. The lowest BCUT2D eigenvalue weighted by molar-refractivity contribution is -0.140. The topological polar surface area (TPSA) is 380 Å². The third-order valence-corrected chi connectivity index (χ3v) is 11.2. The van der Waals surface area contributed by atoms with Gasteiger partial charge in [0.1, 0.15) is 66.9 Å². The zero-order valence-corrected chi connectivity index (χ0v) is 30.4. The minimum atomic E-state index is -5.12. The van der Waals surface area contributed by atoms with Gasteiger partial charge in [-0.1, -0.05) is 0 Å². The number of imide groups is 1. The Bertz CT molecular complexity index is 2130. The van der Waals surface area contributed by atoms with E-state index in [1.807, 2.05) is 5.32 Å². The Morgan fingerprint density at radius 3 is 2.14 bits per heavy atom. The standard InChI is InChI=1S/C27H36N10O17P2/c28-17-1-2-35(26(42)33-17)18-3-11(39)15(51-18)7-48-55(44,45)54-13-5-20(37-25(41)24(40)34-27(37)43)52-16(13)8-49-56(46,47)53-12-4-19(50-14(12)6-38)36-10-32-21-22(29)30-9-31-23(21)36/h1-2,9-16,18-20,25,38-39,41H,3-8H2,(H,44,45)(H,46,47)(H2,28,33,42)(H2,29,30,31)(H,34,40,43)/t11-,12-,13-,14+,15+,16+,18+,19+,20+,25?/m0/s1. The van der Waals surface area contributed by atoms with Crippen molar-refractivity contribution in [3.63, 3.8) is 0 Å². The van der Waals surface area contributed by atoms with Crippen molar-refractivity contribution >= 4 is 50.4 Å². The van der Waals surface area contributed by atoms with E-state index < -0.39 is 121 Å². The first-order valence-corrected chi connectivity index (χ1v) is 19.7. The molecule has 306 valence electrons. The molecule has 3 aromatic heterocycles. The van der Waals surface area contributed by atoms with E-state index in [-0.39, 0.29) is 35.6 Å². The molecule has 4 fully saturated rings. The number of amides is 3. The van der Waals surface area contributed by atoms with E-state index in [0.717, 1.165) is 4.57 Å². The number of anilines is 2. The Balaban J connectivity index is 1.00. The highest BCUT2D eigenvalue weighted by atomic mass is 31.2. The molecule has 7 rings (SSSR count). The number of nitrogen functional groups attached to an aromatic ring is 2. The van der Waals surface area contributed by atoms with Gasteiger partial charge in [-0.2, -0.15) is 4.98 Å². The maximum absolute atomic E-state index is 13.2. The quantitative estimate of drug-likeness (QED) is 0.0599. The number of hydrogen-bond acceptors (Lipinski definition) is 21. The summed E-state index contributed by atoms with van der Waals surface area (Å²) in [7, 11) is -10.2. The molecule has 56 heavy (non-hydrogen) atoms. The third-order valence-electron chi connectivity index (χ3n) is 9.22. The number of carbonyl (C=O) groups is 2. The molecule has 7 heterocycles. The van der Waals surface area contributed by atoms with Crippen molar-refractivity contribution in [2.75, 3.05) is 31.3 Å². The molecule has 3 aromatic rings. The summed E-state index contributed by atoms with van der Waals surface area (Å²) >= 11 is 0. The summed E-state index contributed by atoms with van der Waals surface area (Å²) in [4.78, 5) is 74.3. The average Bonchev–Trinajstić information content (AvgIpc) is 3.95. The molecule has 0 spiro atoms. The fraction of sp³-hybridized carbons (Fsp3) is 0.593. The molecule has 0 saturated carbocycles. The lowest BCUT2D eigenvalue weighted by Crippen LogP contribution is -2.43. The zero-order chi connectivity index (χ0) is 40.1. The number of urea groups is 1. The number of aliphatic hydroxyl groups excluding tert-OH is 3. The van der Waals surface area contributed by atoms with Gasteiger partial charge in [0.2, 0.25) is 6.23 Å². The smallest absolute Gasteiger partial charge is 0.394 e. The number of imidazole rings is 1. The minimum absolute atomic E-state index is 0.0408. The van der Waals surface area contributed by atoms with E-state index in [1.165, 1.54) is 29.5 Å². The van der Waals surface area contributed by atoms with E-state index in [9.17, 15) is 48.6 Å². The molecule has 0 aromatic carbocycles. The Labute approximate surface area is 313 Å². The van der Waals surface area contributed by atoms with Crippen LogP contribution in [0.1, 0.15) is 31.7 Å². The number of nitrogens with zero attached hydrogens (tertiary/aromatic N) is 7. The molecule has 29 heteroatoms. The van der Waals surface area contributed by atoms with Gasteiger partial charge in [-0.15, -0.1) is 0 Å². The first kappa shape index (κ1) is 40.2. The highest BCUT2D eigenvalue weighted by Gasteiger charge is 2.51. The fourth-order valence-electron chi connectivity index (χ4n) is 6.54. The first-order chi connectivity index (χ1) is 26.5. The Morgan fingerprint density at radius 1 is 0.857 bits per heavy atom. The number of aliphatic hydroxyl groups is 3. The molecular formula is C27H36N10O17P2. The number of phosphoric acid groups is 2. The normalized spacial score (nSPS) is 32.9. The van der Waals surface area contributed by atoms with Crippen LogP contribution in [0.2, 0.25) is 0 Å². The SMILES string of the molecule is Nc1ccn([C@H]2C[C@H](O)[C@@H](COP(=O)(O)O[C@H]3C[C@H](N4C(=O)NC(=O)C4O)O[C@@H]3COP(=O)(O)O[C@H]3C[C@H](n4cnc5c(N)ncnc54)O[C@@H]3CO)O2)c(=O)n1. The van der Waals surface area contributed by atoms with Crippen LogP contribution in [0.4, 0.5) is 16.4 Å². The van der Waals surface area contributed by atoms with E-state index in [0.29, 0.717) is 4.90 Å². The number of carbonyl (C=O) groups excluding carboxylic acids is 2. The van der Waals surface area contributed by atoms with Crippen molar-refractivity contribution in [3.8, 4) is 0 Å². The van der Waals surface area contributed by atoms with Gasteiger partial charge in [0, 0.05) is 25.5 Å². The number of hydrogen-bond donors (Lipinski definition) is 8. The predicted octanol–water partition coefficient (Wildman–Crippen LogP) is -2.83. The summed E-state index contributed by atoms with van der Waals surface area (Å²) in [6.07, 6.45) is -10.2. The van der Waals surface area contributed by atoms with Crippen LogP contribution in [0.15, 0.2) is 29.7 Å². The van der Waals surface area contributed by atoms with Gasteiger partial charge in [-0.25, -0.2) is 33.7 Å². The maximum atomic E-state index is 13.2. The number of nitrogens with two attached hydrogens (primary N) is 2. The molecule has 4 aliphatic rings. The van der Waals surface area contributed by atoms with Gasteiger partial charge in [0.25, 0.3) is 5.91 Å². The summed E-state index contributed by atoms with van der Waals surface area (Å²) in [6, 6.07) is 0.258. The summed E-state index contributed by atoms with van der Waals surface area (Å²) < 4.78 is 67.0. The minimum Gasteiger partial charge on any atom is -0.394 e. The van der Waals surface area contributed by atoms with Crippen LogP contribution in [0.25, 0.3) is 11.2 Å². The molecule has 0 radical (unpaired) electrons. The fourth-order valence-corrected chi connectivity index (χ4v) is 8.46. The van der Waals surface area contributed by atoms with Gasteiger partial charge in [-0.05, 0) is 6.07 Å². The van der Waals surface area contributed by atoms with E-state index in [1.54, 1.807) is 0 Å². The number of nitrogens with one attached hydrogen (secondary N) is 1. The van der Waals surface area contributed by atoms with E-state index in [4.69, 9.17) is 43.8 Å². The average molecular weight is 835 g/mol. The summed E-state index contributed by atoms with van der Waals surface area (Å²) in [5, 5.41) is 32.6. The molecule has 27 nitrogen and oxygen atoms in total. The molecular weight excluding hydrogens is 798 g/mol. The summed E-state index contributed by atoms with van der Waals surface area (Å²) in [5.74, 6) is -1.02. The van der Waals surface area contributed by atoms with Crippen molar-refractivity contribution in [2.45, 2.75) is 80.8 Å². The van der Waals surface area contributed by atoms with E-state index >= 15 is 0 Å². The second kappa shape index (κ2) is 15.7. The van der Waals surface area contributed by atoms with Gasteiger partial charge in [0.05, 0.1) is 32.3 Å². The Morgan fingerprint density at radius 2 is 1.48 bits per heavy atom. The number of rotatable bonds is 14. The molecule has 4 aliphatic heterocycles. The molecule has 0 bridgehead atoms. The van der Waals surface area contributed by atoms with Crippen molar-refractivity contribution < 1.29 is 76.1 Å². The molecule has 12 atom stereocenters. The highest BCUT2D eigenvalue weighted by Crippen LogP contribution is 2.51. The Hall–Kier alpha value is -4.05. The molecule has 3 unspecified atom stereocenters. The van der Waals surface area contributed by atoms with E-state index in [2.05, 4.69) is 19.9 Å². The van der Waals surface area contributed by atoms with Crippen molar-refractivity contribution in [1.29, 1.82) is 0 Å². The van der Waals surface area contributed by atoms with Crippen LogP contribution in [-0.4, -0.2) is 140 Å². The summed E-state index contributed by atoms with van der Waals surface area (Å²) in [6.45, 7) is -2.26. The van der Waals surface area contributed by atoms with Crippen LogP contribution >= 0.6 is 15.6 Å². The number of phosphoric ester groups is 2. The zero-order valence-electron chi connectivity index (χ0n) is 28.6. The highest BCUT2D eigenvalue weighted by molar-refractivity contribution is 7.47. The molecule has 0 aliphatic carbocycles. The van der Waals surface area contributed by atoms with Gasteiger partial charge in [-0.3, -0.25) is 42.2 Å². The van der Waals surface area contributed by atoms with Crippen LogP contribution in [0, 0.1) is 0 Å². The van der Waals surface area contributed by atoms with Crippen LogP contribution in [0.3, 0.4) is 0 Å². The predicted molar refractivity (Wildman–Crippen MR) is 179 cm³/mol. The van der Waals surface area contributed by atoms with Crippen molar-refractivity contribution in [3.05, 3.63) is 35.4 Å². The lowest BCUT2D eigenvalue weighted by atomic mass is 10.2. The van der Waals surface area contributed by atoms with Crippen LogP contribution in [-0.2, 0) is 46.2 Å². The second-order valence-electron chi connectivity index (χ2n) is 12.9. The maximum Gasteiger partial charge on any atom is 0.472 e. The monoisotopic (exact) mass is 834 g/mol. The first-order valence-electron chi connectivity index (χ1n) is 16.7. The van der Waals surface area contributed by atoms with Gasteiger partial charge >= 0.3 is 27.4 Å². The number of fused-ring (bicyclic) bond motifs is 1. The third kappa shape index (κ3) is 8.32. The Kier molecular flexibility index (Phi) is 11.3. The molecule has 10 N–H and O–H groups in total.